The molecule has 0 bridgehead atoms. The Balaban J connectivity index is 2.12. The normalized spacial score (nSPS) is 10.6. The van der Waals surface area contributed by atoms with Crippen molar-refractivity contribution in [3.63, 3.8) is 0 Å². The third-order valence-corrected chi connectivity index (χ3v) is 2.06. The first-order valence-corrected chi connectivity index (χ1v) is 5.03. The molecule has 1 aromatic carbocycles. The SMILES string of the molecule is CCOCC(=O)On1ncc2ccccc21. The van der Waals surface area contributed by atoms with Gasteiger partial charge in [-0.2, -0.15) is 0 Å². The topological polar surface area (TPSA) is 53.4 Å². The van der Waals surface area contributed by atoms with E-state index in [1.807, 2.05) is 31.2 Å². The molecule has 0 saturated heterocycles. The standard InChI is InChI=1S/C11H12N2O3/c1-2-15-8-11(14)16-13-10-6-4-3-5-9(10)7-12-13/h3-7H,2,8H2,1H3. The van der Waals surface area contributed by atoms with Crippen molar-refractivity contribution in [3.05, 3.63) is 30.5 Å². The molecule has 5 heteroatoms. The Labute approximate surface area is 92.5 Å². The van der Waals surface area contributed by atoms with Crippen LogP contribution >= 0.6 is 0 Å². The van der Waals surface area contributed by atoms with Crippen LogP contribution in [0.2, 0.25) is 0 Å². The van der Waals surface area contributed by atoms with E-state index in [1.165, 1.54) is 4.85 Å². The van der Waals surface area contributed by atoms with Gasteiger partial charge in [-0.05, 0) is 13.0 Å². The quantitative estimate of drug-likeness (QED) is 0.772. The Kier molecular flexibility index (Phi) is 3.16. The number of hydrogen-bond donors (Lipinski definition) is 0. The lowest BCUT2D eigenvalue weighted by Crippen LogP contribution is -2.24. The van der Waals surface area contributed by atoms with Crippen LogP contribution in [0.15, 0.2) is 30.5 Å². The van der Waals surface area contributed by atoms with Crippen LogP contribution in [-0.4, -0.2) is 29.1 Å². The zero-order valence-electron chi connectivity index (χ0n) is 8.92. The Morgan fingerprint density at radius 2 is 2.25 bits per heavy atom. The van der Waals surface area contributed by atoms with Crippen LogP contribution in [0.5, 0.6) is 0 Å². The van der Waals surface area contributed by atoms with Gasteiger partial charge < -0.3 is 9.57 Å². The summed E-state index contributed by atoms with van der Waals surface area (Å²) >= 11 is 0. The highest BCUT2D eigenvalue weighted by Gasteiger charge is 2.07. The van der Waals surface area contributed by atoms with Crippen molar-refractivity contribution >= 4 is 16.9 Å². The number of fused-ring (bicyclic) bond motifs is 1. The van der Waals surface area contributed by atoms with Crippen molar-refractivity contribution in [1.82, 2.24) is 9.94 Å². The summed E-state index contributed by atoms with van der Waals surface area (Å²) in [6.07, 6.45) is 1.64. The number of rotatable bonds is 4. The van der Waals surface area contributed by atoms with E-state index in [0.29, 0.717) is 6.61 Å². The molecule has 0 aliphatic carbocycles. The minimum absolute atomic E-state index is 0.0648. The highest BCUT2D eigenvalue weighted by Crippen LogP contribution is 2.10. The summed E-state index contributed by atoms with van der Waals surface area (Å²) in [5.41, 5.74) is 0.757. The Morgan fingerprint density at radius 1 is 1.44 bits per heavy atom. The van der Waals surface area contributed by atoms with Gasteiger partial charge in [-0.3, -0.25) is 0 Å². The van der Waals surface area contributed by atoms with Crippen molar-refractivity contribution in [2.45, 2.75) is 6.92 Å². The second kappa shape index (κ2) is 4.76. The second-order valence-corrected chi connectivity index (χ2v) is 3.18. The molecule has 0 fully saturated rings. The van der Waals surface area contributed by atoms with Gasteiger partial charge in [-0.1, -0.05) is 23.0 Å². The number of carbonyl (C=O) groups is 1. The van der Waals surface area contributed by atoms with Crippen molar-refractivity contribution in [2.75, 3.05) is 13.2 Å². The lowest BCUT2D eigenvalue weighted by atomic mass is 10.3. The highest BCUT2D eigenvalue weighted by atomic mass is 16.7. The first-order valence-electron chi connectivity index (χ1n) is 5.03. The fourth-order valence-electron chi connectivity index (χ4n) is 1.33. The molecule has 84 valence electrons. The van der Waals surface area contributed by atoms with E-state index in [4.69, 9.17) is 9.57 Å². The molecule has 2 aromatic rings. The Hall–Kier alpha value is -1.88. The Morgan fingerprint density at radius 3 is 3.06 bits per heavy atom. The number of hydrogen-bond acceptors (Lipinski definition) is 4. The van der Waals surface area contributed by atoms with E-state index in [9.17, 15) is 4.79 Å². The fourth-order valence-corrected chi connectivity index (χ4v) is 1.33. The first kappa shape index (κ1) is 10.6. The predicted molar refractivity (Wildman–Crippen MR) is 57.8 cm³/mol. The molecule has 0 radical (unpaired) electrons. The molecule has 0 unspecified atom stereocenters. The van der Waals surface area contributed by atoms with Crippen LogP contribution < -0.4 is 4.84 Å². The third-order valence-electron chi connectivity index (χ3n) is 2.06. The van der Waals surface area contributed by atoms with E-state index in [2.05, 4.69) is 5.10 Å². The molecule has 0 N–H and O–H groups in total. The van der Waals surface area contributed by atoms with Crippen molar-refractivity contribution in [3.8, 4) is 0 Å². The van der Waals surface area contributed by atoms with Crippen LogP contribution in [0, 0.1) is 0 Å². The van der Waals surface area contributed by atoms with Gasteiger partial charge in [0.2, 0.25) is 0 Å². The largest absolute Gasteiger partial charge is 0.370 e. The molecule has 5 nitrogen and oxygen atoms in total. The van der Waals surface area contributed by atoms with Gasteiger partial charge in [0.1, 0.15) is 12.1 Å². The molecule has 2 rings (SSSR count). The molecule has 0 atom stereocenters. The highest BCUT2D eigenvalue weighted by molar-refractivity contribution is 5.79. The number of nitrogens with zero attached hydrogens (tertiary/aromatic N) is 2. The number of aromatic nitrogens is 2. The summed E-state index contributed by atoms with van der Waals surface area (Å²) in [6.45, 7) is 2.23. The van der Waals surface area contributed by atoms with Crippen LogP contribution in [0.4, 0.5) is 0 Å². The monoisotopic (exact) mass is 220 g/mol. The molecule has 0 aliphatic rings. The molecule has 0 spiro atoms. The van der Waals surface area contributed by atoms with Gasteiger partial charge in [0.15, 0.2) is 0 Å². The lowest BCUT2D eigenvalue weighted by Gasteiger charge is -2.03. The molecule has 1 heterocycles. The van der Waals surface area contributed by atoms with Crippen LogP contribution in [0.25, 0.3) is 10.9 Å². The van der Waals surface area contributed by atoms with Gasteiger partial charge in [0.05, 0.1) is 6.20 Å². The summed E-state index contributed by atoms with van der Waals surface area (Å²) in [6, 6.07) is 7.48. The molecule has 1 aromatic heterocycles. The summed E-state index contributed by atoms with van der Waals surface area (Å²) < 4.78 is 4.94. The van der Waals surface area contributed by atoms with E-state index in [0.717, 1.165) is 10.9 Å². The minimum atomic E-state index is -0.462. The van der Waals surface area contributed by atoms with Gasteiger partial charge in [0, 0.05) is 12.0 Å². The van der Waals surface area contributed by atoms with E-state index >= 15 is 0 Å². The van der Waals surface area contributed by atoms with Crippen LogP contribution in [0.1, 0.15) is 6.92 Å². The zero-order chi connectivity index (χ0) is 11.4. The van der Waals surface area contributed by atoms with E-state index in [-0.39, 0.29) is 6.61 Å². The third kappa shape index (κ3) is 2.20. The Bertz CT molecular complexity index is 493. The van der Waals surface area contributed by atoms with Crippen LogP contribution in [0.3, 0.4) is 0 Å². The summed E-state index contributed by atoms with van der Waals surface area (Å²) in [5, 5.41) is 4.88. The molecule has 16 heavy (non-hydrogen) atoms. The number of para-hydroxylation sites is 1. The van der Waals surface area contributed by atoms with Crippen molar-refractivity contribution in [2.24, 2.45) is 0 Å². The van der Waals surface area contributed by atoms with Gasteiger partial charge in [-0.15, -0.1) is 5.10 Å². The molecular formula is C11H12N2O3. The lowest BCUT2D eigenvalue weighted by molar-refractivity contribution is -0.150. The van der Waals surface area contributed by atoms with E-state index < -0.39 is 5.97 Å². The number of ether oxygens (including phenoxy) is 1. The minimum Gasteiger partial charge on any atom is -0.370 e. The van der Waals surface area contributed by atoms with Gasteiger partial charge >= 0.3 is 5.97 Å². The number of benzene rings is 1. The molecule has 0 saturated carbocycles. The number of carbonyl (C=O) groups excluding carboxylic acids is 1. The molecular weight excluding hydrogens is 208 g/mol. The maximum absolute atomic E-state index is 11.3. The first-order chi connectivity index (χ1) is 7.81. The fraction of sp³-hybridized carbons (Fsp3) is 0.273. The summed E-state index contributed by atoms with van der Waals surface area (Å²) in [5.74, 6) is -0.462. The zero-order valence-corrected chi connectivity index (χ0v) is 8.92. The summed E-state index contributed by atoms with van der Waals surface area (Å²) in [7, 11) is 0. The average Bonchev–Trinajstić information content (AvgIpc) is 2.70. The molecule has 0 amide bonds. The van der Waals surface area contributed by atoms with Gasteiger partial charge in [0.25, 0.3) is 0 Å². The molecule has 0 aliphatic heterocycles. The van der Waals surface area contributed by atoms with Crippen molar-refractivity contribution in [1.29, 1.82) is 0 Å². The van der Waals surface area contributed by atoms with E-state index in [1.54, 1.807) is 6.20 Å². The van der Waals surface area contributed by atoms with Gasteiger partial charge in [-0.25, -0.2) is 4.79 Å². The maximum atomic E-state index is 11.3. The maximum Gasteiger partial charge on any atom is 0.360 e. The van der Waals surface area contributed by atoms with Crippen molar-refractivity contribution < 1.29 is 14.4 Å². The second-order valence-electron chi connectivity index (χ2n) is 3.18. The smallest absolute Gasteiger partial charge is 0.360 e. The average molecular weight is 220 g/mol. The van der Waals surface area contributed by atoms with Crippen LogP contribution in [-0.2, 0) is 9.53 Å². The predicted octanol–water partition coefficient (Wildman–Crippen LogP) is 1.03. The summed E-state index contributed by atoms with van der Waals surface area (Å²) in [4.78, 5) is 17.5.